The molecule has 0 nitrogen and oxygen atoms in total. The second-order valence-corrected chi connectivity index (χ2v) is 95.8. The van der Waals surface area contributed by atoms with Gasteiger partial charge in [0.05, 0.1) is 0 Å². The fraction of sp³-hybridized carbons (Fsp3) is 0.0980. The van der Waals surface area contributed by atoms with Crippen LogP contribution in [0.3, 0.4) is 0 Å². The molecule has 2 aliphatic carbocycles. The summed E-state index contributed by atoms with van der Waals surface area (Å²) in [5.74, 6) is 0. The van der Waals surface area contributed by atoms with Crippen molar-refractivity contribution < 1.29 is 14.2 Å². The monoisotopic (exact) mass is 866 g/mol. The van der Waals surface area contributed by atoms with Crippen LogP contribution in [0.4, 0.5) is 0 Å². The molecule has 7 aromatic carbocycles. The van der Waals surface area contributed by atoms with Gasteiger partial charge in [-0.15, -0.1) is 0 Å². The predicted octanol–water partition coefficient (Wildman–Crippen LogP) is 13.0. The van der Waals surface area contributed by atoms with Gasteiger partial charge in [-0.1, -0.05) is 0 Å². The van der Waals surface area contributed by atoms with Gasteiger partial charge in [-0.2, -0.15) is 0 Å². The molecule has 0 aromatic heterocycles. The molecule has 0 N–H and O–H groups in total. The molecule has 258 valence electrons. The van der Waals surface area contributed by atoms with Crippen molar-refractivity contribution in [3.05, 3.63) is 210 Å². The number of fused-ring (bicyclic) bond motifs is 2. The van der Waals surface area contributed by atoms with Gasteiger partial charge in [0, 0.05) is 0 Å². The van der Waals surface area contributed by atoms with E-state index in [1.54, 1.807) is 0 Å². The Morgan fingerprint density at radius 1 is 0.358 bits per heavy atom. The maximum atomic E-state index is 2.77. The number of allylic oxidation sites excluding steroid dienone is 2. The van der Waals surface area contributed by atoms with Gasteiger partial charge < -0.3 is 0 Å². The van der Waals surface area contributed by atoms with Gasteiger partial charge in [0.1, 0.15) is 0 Å². The van der Waals surface area contributed by atoms with Gasteiger partial charge >= 0.3 is 313 Å². The van der Waals surface area contributed by atoms with E-state index in [9.17, 15) is 0 Å². The summed E-state index contributed by atoms with van der Waals surface area (Å²) in [4.78, 5) is 0. The van der Waals surface area contributed by atoms with Crippen molar-refractivity contribution in [2.45, 2.75) is 21.4 Å². The van der Waals surface area contributed by atoms with Crippen LogP contribution in [-0.2, 0) is 14.2 Å². The van der Waals surface area contributed by atoms with E-state index in [0.29, 0.717) is 0 Å². The summed E-state index contributed by atoms with van der Waals surface area (Å²) in [6.07, 6.45) is 10.1. The molecule has 0 radical (unpaired) electrons. The molecule has 53 heavy (non-hydrogen) atoms. The third-order valence-electron chi connectivity index (χ3n) is 13.6. The first-order chi connectivity index (χ1) is 25.5. The topological polar surface area (TPSA) is 0 Å². The number of rotatable bonds is 7. The van der Waals surface area contributed by atoms with E-state index in [4.69, 9.17) is 0 Å². The van der Waals surface area contributed by atoms with Gasteiger partial charge in [0.25, 0.3) is 0 Å². The number of hydrogen-bond acceptors (Lipinski definition) is 0. The Morgan fingerprint density at radius 2 is 0.698 bits per heavy atom. The summed E-state index contributed by atoms with van der Waals surface area (Å²) >= 11 is -5.50. The quantitative estimate of drug-likeness (QED) is 0.140. The number of hydrogen-bond donors (Lipinski definition) is 0. The van der Waals surface area contributed by atoms with Crippen LogP contribution < -0.4 is 3.32 Å². The molecule has 0 fully saturated rings. The summed E-state index contributed by atoms with van der Waals surface area (Å²) in [5.41, 5.74) is 15.8. The Morgan fingerprint density at radius 3 is 1.11 bits per heavy atom. The summed E-state index contributed by atoms with van der Waals surface area (Å²) in [7, 11) is 0. The van der Waals surface area contributed by atoms with E-state index in [2.05, 4.69) is 221 Å². The molecule has 0 heterocycles. The third kappa shape index (κ3) is 4.95. The van der Waals surface area contributed by atoms with Gasteiger partial charge in [-0.25, -0.2) is 0 Å². The molecule has 0 spiro atoms. The fourth-order valence-electron chi connectivity index (χ4n) is 10.5. The molecule has 2 heteroatoms. The van der Waals surface area contributed by atoms with Crippen molar-refractivity contribution >= 4 is 22.4 Å². The Balaban J connectivity index is 1.27. The minimum absolute atomic E-state index is 0.236. The van der Waals surface area contributed by atoms with Crippen molar-refractivity contribution in [2.24, 2.45) is 0 Å². The van der Waals surface area contributed by atoms with Crippen LogP contribution in [0.5, 0.6) is 0 Å². The van der Waals surface area contributed by atoms with Crippen molar-refractivity contribution in [1.29, 1.82) is 0 Å². The van der Waals surface area contributed by atoms with E-state index in [1.165, 1.54) is 70.1 Å². The standard InChI is InChI=1S/2C21H15.C6H5.3CH3.Hf.H2Si/c2*1-2-8-16(9-3-1)18-12-4-5-13-20(18)21-15-7-11-17-10-6-14-19(17)21;1-2-4-6-5-3-1;;;;;/h2*1-15H;1-5H;3*1H3;;1H2. The molecule has 0 bridgehead atoms. The molecule has 7 aromatic rings. The minimum atomic E-state index is -5.50. The van der Waals surface area contributed by atoms with E-state index < -0.39 is 14.2 Å². The second kappa shape index (κ2) is 11.3. The molecule has 0 saturated heterocycles. The van der Waals surface area contributed by atoms with Crippen molar-refractivity contribution in [3.8, 4) is 44.5 Å². The molecule has 9 rings (SSSR count). The van der Waals surface area contributed by atoms with E-state index in [0.717, 1.165) is 0 Å². The van der Waals surface area contributed by atoms with Crippen LogP contribution >= 0.6 is 0 Å². The Kier molecular flexibility index (Phi) is 7.24. The fourth-order valence-corrected chi connectivity index (χ4v) is 48.6. The molecule has 2 unspecified atom stereocenters. The first kappa shape index (κ1) is 33.9. The Bertz CT molecular complexity index is 2590. The average molecular weight is 866 g/mol. The van der Waals surface area contributed by atoms with Gasteiger partial charge in [0.2, 0.25) is 0 Å². The van der Waals surface area contributed by atoms with E-state index in [-0.39, 0.29) is 7.35 Å². The molecular formula is C51H46HfSi. The van der Waals surface area contributed by atoms with Crippen LogP contribution in [0, 0.1) is 0 Å². The summed E-state index contributed by atoms with van der Waals surface area (Å²) in [6.45, 7) is 2.41. The SMILES string of the molecule is [CH3][Hf]([CH3])([CH3])(=[SiH2])([c]1ccccc1)([CH]1C=Cc2c(-c3ccccc3-c3ccccc3)cccc21)[CH]1C=Cc2c(-c3ccccc3-c3ccccc3)cccc21. The zero-order chi connectivity index (χ0) is 36.4. The first-order valence-corrected chi connectivity index (χ1v) is 44.1. The molecule has 2 aliphatic rings. The van der Waals surface area contributed by atoms with Crippen LogP contribution in [0.1, 0.15) is 29.6 Å². The molecule has 0 aliphatic heterocycles. The molecule has 2 atom stereocenters. The maximum absolute atomic E-state index is 5.50. The van der Waals surface area contributed by atoms with Crippen LogP contribution in [0.15, 0.2) is 188 Å². The first-order valence-electron chi connectivity index (χ1n) is 19.0. The van der Waals surface area contributed by atoms with Crippen LogP contribution in [0.2, 0.25) is 14.0 Å². The molecular weight excluding hydrogens is 819 g/mol. The van der Waals surface area contributed by atoms with Gasteiger partial charge in [0.15, 0.2) is 0 Å². The number of benzene rings is 7. The molecule has 0 amide bonds. The van der Waals surface area contributed by atoms with Crippen LogP contribution in [-0.4, -0.2) is 6.94 Å². The summed E-state index contributed by atoms with van der Waals surface area (Å²) in [5, 5.41) is 0. The van der Waals surface area contributed by atoms with Crippen molar-refractivity contribution in [1.82, 2.24) is 0 Å². The Labute approximate surface area is 310 Å². The van der Waals surface area contributed by atoms with Crippen molar-refractivity contribution in [3.63, 3.8) is 0 Å². The van der Waals surface area contributed by atoms with Gasteiger partial charge in [-0.3, -0.25) is 0 Å². The van der Waals surface area contributed by atoms with Gasteiger partial charge in [-0.05, 0) is 0 Å². The zero-order valence-corrected chi connectivity index (χ0v) is 35.9. The van der Waals surface area contributed by atoms with E-state index in [1.807, 2.05) is 0 Å². The van der Waals surface area contributed by atoms with E-state index >= 15 is 0 Å². The summed E-state index contributed by atoms with van der Waals surface area (Å²) < 4.78 is 10.3. The normalized spacial score (nSPS) is 18.0. The van der Waals surface area contributed by atoms with Crippen LogP contribution in [0.25, 0.3) is 56.7 Å². The average Bonchev–Trinajstić information content (AvgIpc) is 3.87. The Hall–Kier alpha value is -4.89. The molecule has 0 saturated carbocycles. The van der Waals surface area contributed by atoms with Crippen molar-refractivity contribution in [2.75, 3.05) is 0 Å². The third-order valence-corrected chi connectivity index (χ3v) is 60.4. The second-order valence-electron chi connectivity index (χ2n) is 18.6. The summed E-state index contributed by atoms with van der Waals surface area (Å²) in [6, 6.07) is 65.3. The zero-order valence-electron chi connectivity index (χ0n) is 30.9. The predicted molar refractivity (Wildman–Crippen MR) is 230 cm³/mol.